The van der Waals surface area contributed by atoms with Crippen molar-refractivity contribution in [1.29, 1.82) is 0 Å². The van der Waals surface area contributed by atoms with E-state index in [1.54, 1.807) is 23.6 Å². The molecule has 2 heterocycles. The Morgan fingerprint density at radius 3 is 2.95 bits per heavy atom. The van der Waals surface area contributed by atoms with E-state index in [0.29, 0.717) is 0 Å². The van der Waals surface area contributed by atoms with Crippen LogP contribution >= 0.6 is 11.3 Å². The van der Waals surface area contributed by atoms with Gasteiger partial charge in [0.2, 0.25) is 0 Å². The van der Waals surface area contributed by atoms with E-state index in [-0.39, 0.29) is 11.9 Å². The molecule has 0 amide bonds. The maximum Gasteiger partial charge on any atom is 0.141 e. The van der Waals surface area contributed by atoms with Gasteiger partial charge in [0.05, 0.1) is 6.20 Å². The molecule has 0 bridgehead atoms. The first-order chi connectivity index (χ1) is 10.3. The van der Waals surface area contributed by atoms with Crippen LogP contribution in [0.5, 0.6) is 0 Å². The van der Waals surface area contributed by atoms with Gasteiger partial charge in [-0.1, -0.05) is 25.1 Å². The highest BCUT2D eigenvalue weighted by atomic mass is 32.1. The first kappa shape index (κ1) is 14.2. The van der Waals surface area contributed by atoms with E-state index in [1.807, 2.05) is 0 Å². The standard InChI is InChI=1S/C17H17FN2S/c1-2-20-16(12-7-14(18)10-19-9-12)8-13-11-21-17-6-4-3-5-15(13)17/h3-7,9-11,16,20H,2,8H2,1H3. The SMILES string of the molecule is CCNC(Cc1csc2ccccc12)c1cncc(F)c1. The number of nitrogens with one attached hydrogen (secondary N) is 1. The molecule has 0 fully saturated rings. The number of pyridine rings is 1. The minimum absolute atomic E-state index is 0.0798. The quantitative estimate of drug-likeness (QED) is 0.758. The fourth-order valence-electron chi connectivity index (χ4n) is 2.58. The van der Waals surface area contributed by atoms with Crippen molar-refractivity contribution in [2.45, 2.75) is 19.4 Å². The fraction of sp³-hybridized carbons (Fsp3) is 0.235. The molecule has 2 nitrogen and oxygen atoms in total. The number of benzene rings is 1. The Kier molecular flexibility index (Phi) is 4.27. The molecule has 1 unspecified atom stereocenters. The van der Waals surface area contributed by atoms with Crippen LogP contribution in [0.3, 0.4) is 0 Å². The second-order valence-corrected chi connectivity index (χ2v) is 5.92. The van der Waals surface area contributed by atoms with Gasteiger partial charge in [0.1, 0.15) is 5.82 Å². The summed E-state index contributed by atoms with van der Waals surface area (Å²) in [4.78, 5) is 3.97. The van der Waals surface area contributed by atoms with Crippen LogP contribution in [0.25, 0.3) is 10.1 Å². The first-order valence-corrected chi connectivity index (χ1v) is 7.95. The van der Waals surface area contributed by atoms with Gasteiger partial charge in [0, 0.05) is 16.9 Å². The van der Waals surface area contributed by atoms with E-state index < -0.39 is 0 Å². The summed E-state index contributed by atoms with van der Waals surface area (Å²) in [6.45, 7) is 2.90. The summed E-state index contributed by atoms with van der Waals surface area (Å²) >= 11 is 1.75. The van der Waals surface area contributed by atoms with Gasteiger partial charge in [-0.3, -0.25) is 4.98 Å². The van der Waals surface area contributed by atoms with Crippen molar-refractivity contribution in [3.8, 4) is 0 Å². The van der Waals surface area contributed by atoms with Crippen LogP contribution in [-0.2, 0) is 6.42 Å². The summed E-state index contributed by atoms with van der Waals surface area (Å²) in [7, 11) is 0. The third kappa shape index (κ3) is 3.12. The maximum absolute atomic E-state index is 13.4. The van der Waals surface area contributed by atoms with Crippen molar-refractivity contribution < 1.29 is 4.39 Å². The van der Waals surface area contributed by atoms with Crippen LogP contribution in [0.15, 0.2) is 48.1 Å². The van der Waals surface area contributed by atoms with E-state index in [2.05, 4.69) is 46.9 Å². The third-order valence-electron chi connectivity index (χ3n) is 3.56. The third-order valence-corrected chi connectivity index (χ3v) is 4.58. The van der Waals surface area contributed by atoms with Crippen molar-refractivity contribution in [2.75, 3.05) is 6.54 Å². The number of hydrogen-bond acceptors (Lipinski definition) is 3. The van der Waals surface area contributed by atoms with Crippen molar-refractivity contribution in [3.05, 3.63) is 65.0 Å². The predicted molar refractivity (Wildman–Crippen MR) is 86.1 cm³/mol. The number of rotatable bonds is 5. The van der Waals surface area contributed by atoms with E-state index in [0.717, 1.165) is 18.5 Å². The van der Waals surface area contributed by atoms with E-state index in [4.69, 9.17) is 0 Å². The van der Waals surface area contributed by atoms with Crippen molar-refractivity contribution >= 4 is 21.4 Å². The lowest BCUT2D eigenvalue weighted by molar-refractivity contribution is 0.541. The van der Waals surface area contributed by atoms with Crippen LogP contribution in [0.2, 0.25) is 0 Å². The Morgan fingerprint density at radius 2 is 2.14 bits per heavy atom. The summed E-state index contributed by atoms with van der Waals surface area (Å²) < 4.78 is 14.7. The molecule has 3 rings (SSSR count). The highest BCUT2D eigenvalue weighted by Gasteiger charge is 2.14. The molecule has 0 spiro atoms. The van der Waals surface area contributed by atoms with Gasteiger partial charge in [-0.05, 0) is 47.0 Å². The zero-order chi connectivity index (χ0) is 14.7. The average Bonchev–Trinajstić information content (AvgIpc) is 2.90. The molecule has 2 aromatic heterocycles. The molecule has 0 saturated heterocycles. The molecule has 0 saturated carbocycles. The normalized spacial score (nSPS) is 12.7. The summed E-state index contributed by atoms with van der Waals surface area (Å²) in [6, 6.07) is 10.0. The molecule has 4 heteroatoms. The second-order valence-electron chi connectivity index (χ2n) is 5.01. The number of aromatic nitrogens is 1. The molecule has 21 heavy (non-hydrogen) atoms. The monoisotopic (exact) mass is 300 g/mol. The average molecular weight is 300 g/mol. The highest BCUT2D eigenvalue weighted by Crippen LogP contribution is 2.29. The molecule has 1 N–H and O–H groups in total. The zero-order valence-corrected chi connectivity index (χ0v) is 12.7. The fourth-order valence-corrected chi connectivity index (χ4v) is 3.56. The maximum atomic E-state index is 13.4. The number of nitrogens with zero attached hydrogens (tertiary/aromatic N) is 1. The lowest BCUT2D eigenvalue weighted by atomic mass is 9.99. The summed E-state index contributed by atoms with van der Waals surface area (Å²) in [5.41, 5.74) is 2.19. The lowest BCUT2D eigenvalue weighted by Gasteiger charge is -2.18. The van der Waals surface area contributed by atoms with Gasteiger partial charge >= 0.3 is 0 Å². The Balaban J connectivity index is 1.92. The van der Waals surface area contributed by atoms with E-state index in [1.165, 1.54) is 21.8 Å². The molecule has 1 atom stereocenters. The number of fused-ring (bicyclic) bond motifs is 1. The van der Waals surface area contributed by atoms with Crippen molar-refractivity contribution in [2.24, 2.45) is 0 Å². The molecule has 0 aliphatic carbocycles. The molecule has 0 aliphatic rings. The van der Waals surface area contributed by atoms with Crippen LogP contribution in [-0.4, -0.2) is 11.5 Å². The number of likely N-dealkylation sites (N-methyl/N-ethyl adjacent to an activating group) is 1. The molecule has 3 aromatic rings. The number of hydrogen-bond donors (Lipinski definition) is 1. The van der Waals surface area contributed by atoms with E-state index >= 15 is 0 Å². The Labute approximate surface area is 127 Å². The highest BCUT2D eigenvalue weighted by molar-refractivity contribution is 7.17. The van der Waals surface area contributed by atoms with Crippen molar-refractivity contribution in [3.63, 3.8) is 0 Å². The second kappa shape index (κ2) is 6.33. The molecule has 108 valence electrons. The van der Waals surface area contributed by atoms with Gasteiger partial charge in [-0.15, -0.1) is 11.3 Å². The smallest absolute Gasteiger partial charge is 0.141 e. The molecular weight excluding hydrogens is 283 g/mol. The summed E-state index contributed by atoms with van der Waals surface area (Å²) in [5, 5.41) is 6.91. The first-order valence-electron chi connectivity index (χ1n) is 7.07. The van der Waals surface area contributed by atoms with Gasteiger partial charge in [-0.25, -0.2) is 4.39 Å². The van der Waals surface area contributed by atoms with Gasteiger partial charge in [-0.2, -0.15) is 0 Å². The Bertz CT molecular complexity index is 738. The Hall–Kier alpha value is -1.78. The molecule has 0 radical (unpaired) electrons. The van der Waals surface area contributed by atoms with E-state index in [9.17, 15) is 4.39 Å². The van der Waals surface area contributed by atoms with Gasteiger partial charge in [0.15, 0.2) is 0 Å². The minimum Gasteiger partial charge on any atom is -0.310 e. The Morgan fingerprint density at radius 1 is 1.29 bits per heavy atom. The van der Waals surface area contributed by atoms with Crippen LogP contribution in [0.4, 0.5) is 4.39 Å². The lowest BCUT2D eigenvalue weighted by Crippen LogP contribution is -2.23. The summed E-state index contributed by atoms with van der Waals surface area (Å²) in [6.07, 6.45) is 3.82. The van der Waals surface area contributed by atoms with Gasteiger partial charge < -0.3 is 5.32 Å². The van der Waals surface area contributed by atoms with Crippen LogP contribution in [0.1, 0.15) is 24.1 Å². The molecular formula is C17H17FN2S. The van der Waals surface area contributed by atoms with Crippen LogP contribution in [0, 0.1) is 5.82 Å². The molecule has 1 aromatic carbocycles. The summed E-state index contributed by atoms with van der Waals surface area (Å²) in [5.74, 6) is -0.287. The number of halogens is 1. The largest absolute Gasteiger partial charge is 0.310 e. The topological polar surface area (TPSA) is 24.9 Å². The zero-order valence-electron chi connectivity index (χ0n) is 11.8. The van der Waals surface area contributed by atoms with Gasteiger partial charge in [0.25, 0.3) is 0 Å². The minimum atomic E-state index is -0.287. The van der Waals surface area contributed by atoms with Crippen LogP contribution < -0.4 is 5.32 Å². The number of thiophene rings is 1. The molecule has 0 aliphatic heterocycles. The van der Waals surface area contributed by atoms with Crippen molar-refractivity contribution in [1.82, 2.24) is 10.3 Å². The predicted octanol–water partition coefficient (Wildman–Crippen LogP) is 4.33.